The standard InChI is InChI=1S/C12H17ClN2O/c1-8(2)14-7-12(16)15-11-6-9(3)4-5-10(11)13/h4-6,8,14H,7H2,1-3H3,(H,15,16). The number of hydrogen-bond acceptors (Lipinski definition) is 2. The second kappa shape index (κ2) is 5.87. The van der Waals surface area contributed by atoms with Crippen LogP contribution in [0.2, 0.25) is 5.02 Å². The number of anilines is 1. The van der Waals surface area contributed by atoms with E-state index in [0.29, 0.717) is 23.3 Å². The zero-order valence-corrected chi connectivity index (χ0v) is 10.6. The van der Waals surface area contributed by atoms with Gasteiger partial charge in [0.1, 0.15) is 0 Å². The molecule has 2 N–H and O–H groups in total. The SMILES string of the molecule is Cc1ccc(Cl)c(NC(=O)CNC(C)C)c1. The first kappa shape index (κ1) is 13.0. The molecule has 0 saturated carbocycles. The van der Waals surface area contributed by atoms with Crippen LogP contribution in [0.5, 0.6) is 0 Å². The predicted molar refractivity (Wildman–Crippen MR) is 68.0 cm³/mol. The molecule has 1 aromatic rings. The largest absolute Gasteiger partial charge is 0.324 e. The zero-order chi connectivity index (χ0) is 12.1. The zero-order valence-electron chi connectivity index (χ0n) is 9.80. The average Bonchev–Trinajstić information content (AvgIpc) is 2.20. The van der Waals surface area contributed by atoms with Crippen molar-refractivity contribution in [3.8, 4) is 0 Å². The molecule has 88 valence electrons. The van der Waals surface area contributed by atoms with Gasteiger partial charge in [0, 0.05) is 6.04 Å². The Morgan fingerprint density at radius 2 is 2.12 bits per heavy atom. The normalized spacial score (nSPS) is 10.6. The van der Waals surface area contributed by atoms with Crippen molar-refractivity contribution in [3.63, 3.8) is 0 Å². The minimum Gasteiger partial charge on any atom is -0.324 e. The smallest absolute Gasteiger partial charge is 0.238 e. The highest BCUT2D eigenvalue weighted by atomic mass is 35.5. The van der Waals surface area contributed by atoms with Gasteiger partial charge in [-0.3, -0.25) is 4.79 Å². The number of amides is 1. The summed E-state index contributed by atoms with van der Waals surface area (Å²) in [5.74, 6) is -0.0822. The average molecular weight is 241 g/mol. The molecule has 3 nitrogen and oxygen atoms in total. The van der Waals surface area contributed by atoms with Crippen molar-refractivity contribution < 1.29 is 4.79 Å². The summed E-state index contributed by atoms with van der Waals surface area (Å²) in [7, 11) is 0. The Labute approximate surface area is 101 Å². The molecule has 4 heteroatoms. The monoisotopic (exact) mass is 240 g/mol. The van der Waals surface area contributed by atoms with Gasteiger partial charge in [-0.2, -0.15) is 0 Å². The van der Waals surface area contributed by atoms with Crippen LogP contribution in [0.3, 0.4) is 0 Å². The maximum absolute atomic E-state index is 11.5. The fourth-order valence-electron chi connectivity index (χ4n) is 1.23. The molecule has 0 heterocycles. The Kier molecular flexibility index (Phi) is 4.77. The Bertz CT molecular complexity index is 377. The molecule has 0 atom stereocenters. The fourth-order valence-corrected chi connectivity index (χ4v) is 1.39. The molecule has 0 aliphatic carbocycles. The van der Waals surface area contributed by atoms with E-state index in [-0.39, 0.29) is 5.91 Å². The van der Waals surface area contributed by atoms with E-state index in [1.165, 1.54) is 0 Å². The molecule has 0 unspecified atom stereocenters. The van der Waals surface area contributed by atoms with Gasteiger partial charge in [0.05, 0.1) is 17.3 Å². The molecular formula is C12H17ClN2O. The van der Waals surface area contributed by atoms with Crippen LogP contribution in [0, 0.1) is 6.92 Å². The van der Waals surface area contributed by atoms with E-state index >= 15 is 0 Å². The third kappa shape index (κ3) is 4.21. The Hall–Kier alpha value is -1.06. The van der Waals surface area contributed by atoms with E-state index in [1.54, 1.807) is 6.07 Å². The van der Waals surface area contributed by atoms with Crippen molar-refractivity contribution in [1.82, 2.24) is 5.32 Å². The number of benzene rings is 1. The van der Waals surface area contributed by atoms with E-state index in [0.717, 1.165) is 5.56 Å². The maximum atomic E-state index is 11.5. The molecular weight excluding hydrogens is 224 g/mol. The van der Waals surface area contributed by atoms with Gasteiger partial charge in [-0.05, 0) is 24.6 Å². The van der Waals surface area contributed by atoms with Crippen molar-refractivity contribution in [1.29, 1.82) is 0 Å². The van der Waals surface area contributed by atoms with Crippen LogP contribution >= 0.6 is 11.6 Å². The summed E-state index contributed by atoms with van der Waals surface area (Å²) >= 11 is 5.97. The van der Waals surface area contributed by atoms with Crippen LogP contribution < -0.4 is 10.6 Å². The molecule has 16 heavy (non-hydrogen) atoms. The van der Waals surface area contributed by atoms with Crippen LogP contribution in [0.15, 0.2) is 18.2 Å². The van der Waals surface area contributed by atoms with E-state index in [1.807, 2.05) is 32.9 Å². The fraction of sp³-hybridized carbons (Fsp3) is 0.417. The third-order valence-electron chi connectivity index (χ3n) is 2.07. The van der Waals surface area contributed by atoms with E-state index < -0.39 is 0 Å². The van der Waals surface area contributed by atoms with E-state index in [9.17, 15) is 4.79 Å². The minimum atomic E-state index is -0.0822. The predicted octanol–water partition coefficient (Wildman–Crippen LogP) is 2.58. The summed E-state index contributed by atoms with van der Waals surface area (Å²) in [6.45, 7) is 6.24. The van der Waals surface area contributed by atoms with Crippen molar-refractivity contribution in [2.45, 2.75) is 26.8 Å². The van der Waals surface area contributed by atoms with Gasteiger partial charge < -0.3 is 10.6 Å². The van der Waals surface area contributed by atoms with Crippen molar-refractivity contribution >= 4 is 23.2 Å². The van der Waals surface area contributed by atoms with Crippen LogP contribution in [0.25, 0.3) is 0 Å². The quantitative estimate of drug-likeness (QED) is 0.850. The lowest BCUT2D eigenvalue weighted by Gasteiger charge is -2.10. The lowest BCUT2D eigenvalue weighted by atomic mass is 10.2. The maximum Gasteiger partial charge on any atom is 0.238 e. The van der Waals surface area contributed by atoms with E-state index in [2.05, 4.69) is 10.6 Å². The second-order valence-electron chi connectivity index (χ2n) is 4.07. The van der Waals surface area contributed by atoms with Crippen LogP contribution in [0.4, 0.5) is 5.69 Å². The van der Waals surface area contributed by atoms with Crippen molar-refractivity contribution in [3.05, 3.63) is 28.8 Å². The topological polar surface area (TPSA) is 41.1 Å². The molecule has 0 spiro atoms. The first-order valence-electron chi connectivity index (χ1n) is 5.28. The lowest BCUT2D eigenvalue weighted by molar-refractivity contribution is -0.115. The molecule has 0 aliphatic rings. The summed E-state index contributed by atoms with van der Waals surface area (Å²) in [5.41, 5.74) is 1.73. The number of nitrogens with one attached hydrogen (secondary N) is 2. The van der Waals surface area contributed by atoms with Crippen molar-refractivity contribution in [2.75, 3.05) is 11.9 Å². The van der Waals surface area contributed by atoms with Gasteiger partial charge >= 0.3 is 0 Å². The summed E-state index contributed by atoms with van der Waals surface area (Å²) in [5, 5.41) is 6.38. The van der Waals surface area contributed by atoms with Gasteiger partial charge in [-0.1, -0.05) is 31.5 Å². The van der Waals surface area contributed by atoms with E-state index in [4.69, 9.17) is 11.6 Å². The number of aryl methyl sites for hydroxylation is 1. The minimum absolute atomic E-state index is 0.0822. The highest BCUT2D eigenvalue weighted by Crippen LogP contribution is 2.22. The molecule has 0 fully saturated rings. The summed E-state index contributed by atoms with van der Waals surface area (Å²) in [6.07, 6.45) is 0. The number of carbonyl (C=O) groups excluding carboxylic acids is 1. The molecule has 0 aliphatic heterocycles. The molecule has 1 aromatic carbocycles. The molecule has 0 bridgehead atoms. The van der Waals surface area contributed by atoms with Gasteiger partial charge in [0.25, 0.3) is 0 Å². The Morgan fingerprint density at radius 1 is 1.44 bits per heavy atom. The molecule has 1 rings (SSSR count). The summed E-state index contributed by atoms with van der Waals surface area (Å²) in [6, 6.07) is 5.83. The lowest BCUT2D eigenvalue weighted by Crippen LogP contribution is -2.32. The van der Waals surface area contributed by atoms with Crippen molar-refractivity contribution in [2.24, 2.45) is 0 Å². The van der Waals surface area contributed by atoms with Crippen LogP contribution in [0.1, 0.15) is 19.4 Å². The van der Waals surface area contributed by atoms with Gasteiger partial charge in [0.2, 0.25) is 5.91 Å². The van der Waals surface area contributed by atoms with Crippen LogP contribution in [-0.4, -0.2) is 18.5 Å². The molecule has 1 amide bonds. The Morgan fingerprint density at radius 3 is 2.75 bits per heavy atom. The van der Waals surface area contributed by atoms with Gasteiger partial charge in [0.15, 0.2) is 0 Å². The number of hydrogen-bond donors (Lipinski definition) is 2. The van der Waals surface area contributed by atoms with Gasteiger partial charge in [-0.25, -0.2) is 0 Å². The second-order valence-corrected chi connectivity index (χ2v) is 4.47. The van der Waals surface area contributed by atoms with Crippen LogP contribution in [-0.2, 0) is 4.79 Å². The highest BCUT2D eigenvalue weighted by molar-refractivity contribution is 6.33. The number of halogens is 1. The van der Waals surface area contributed by atoms with Gasteiger partial charge in [-0.15, -0.1) is 0 Å². The number of rotatable bonds is 4. The molecule has 0 aromatic heterocycles. The number of carbonyl (C=O) groups is 1. The third-order valence-corrected chi connectivity index (χ3v) is 2.40. The highest BCUT2D eigenvalue weighted by Gasteiger charge is 2.06. The first-order chi connectivity index (χ1) is 7.49. The molecule has 0 saturated heterocycles. The first-order valence-corrected chi connectivity index (χ1v) is 5.66. The summed E-state index contributed by atoms with van der Waals surface area (Å²) < 4.78 is 0. The molecule has 0 radical (unpaired) electrons. The summed E-state index contributed by atoms with van der Waals surface area (Å²) in [4.78, 5) is 11.5. The Balaban J connectivity index is 2.59.